The lowest BCUT2D eigenvalue weighted by molar-refractivity contribution is -0.141. The van der Waals surface area contributed by atoms with Crippen molar-refractivity contribution in [3.05, 3.63) is 12.2 Å². The monoisotopic (exact) mass is 248 g/mol. The molecule has 0 aromatic rings. The molecule has 0 heterocycles. The zero-order valence-electron chi connectivity index (χ0n) is 10.5. The molecule has 0 saturated heterocycles. The third kappa shape index (κ3) is 4.89. The summed E-state index contributed by atoms with van der Waals surface area (Å²) in [7, 11) is 1.91. The van der Waals surface area contributed by atoms with Gasteiger partial charge in [0.25, 0.3) is 0 Å². The maximum absolute atomic E-state index is 11.2. The highest BCUT2D eigenvalue weighted by molar-refractivity contribution is 6.60. The largest absolute Gasteiger partial charge is 0.503 e. The van der Waals surface area contributed by atoms with E-state index < -0.39 is 8.80 Å². The molecule has 94 valence electrons. The van der Waals surface area contributed by atoms with E-state index in [4.69, 9.17) is 18.0 Å². The summed E-state index contributed by atoms with van der Waals surface area (Å²) in [5.74, 6) is -0.374. The molecule has 0 aliphatic rings. The SMILES string of the molecule is CC=CC(=O)OC(C)C[Si](OC)(OC)OC. The number of esters is 1. The molecule has 0 aliphatic carbocycles. The van der Waals surface area contributed by atoms with E-state index in [-0.39, 0.29) is 12.1 Å². The maximum atomic E-state index is 11.2. The maximum Gasteiger partial charge on any atom is 0.503 e. The molecule has 0 fully saturated rings. The first-order valence-electron chi connectivity index (χ1n) is 5.02. The number of carbonyl (C=O) groups is 1. The van der Waals surface area contributed by atoms with Crippen LogP contribution < -0.4 is 0 Å². The number of hydrogen-bond acceptors (Lipinski definition) is 5. The van der Waals surface area contributed by atoms with Crippen molar-refractivity contribution in [3.63, 3.8) is 0 Å². The van der Waals surface area contributed by atoms with E-state index in [1.165, 1.54) is 27.4 Å². The molecule has 0 amide bonds. The van der Waals surface area contributed by atoms with Crippen LogP contribution in [0.4, 0.5) is 0 Å². The molecule has 0 aromatic heterocycles. The second-order valence-corrected chi connectivity index (χ2v) is 6.25. The van der Waals surface area contributed by atoms with Crippen LogP contribution in [0.5, 0.6) is 0 Å². The summed E-state index contributed by atoms with van der Waals surface area (Å²) in [6.45, 7) is 3.53. The van der Waals surface area contributed by atoms with Crippen LogP contribution in [0.15, 0.2) is 12.2 Å². The minimum Gasteiger partial charge on any atom is -0.460 e. The third-order valence-corrected chi connectivity index (χ3v) is 5.03. The number of rotatable bonds is 7. The minimum absolute atomic E-state index is 0.310. The van der Waals surface area contributed by atoms with Crippen molar-refractivity contribution < 1.29 is 22.8 Å². The summed E-state index contributed by atoms with van der Waals surface area (Å²) in [6.07, 6.45) is 2.68. The highest BCUT2D eigenvalue weighted by atomic mass is 28.4. The van der Waals surface area contributed by atoms with Gasteiger partial charge in [-0.1, -0.05) is 6.08 Å². The molecular formula is C10H20O5Si. The van der Waals surface area contributed by atoms with E-state index in [1.807, 2.05) is 0 Å². The summed E-state index contributed by atoms with van der Waals surface area (Å²) in [6, 6.07) is 0.430. The average molecular weight is 248 g/mol. The summed E-state index contributed by atoms with van der Waals surface area (Å²) in [5.41, 5.74) is 0. The molecule has 0 N–H and O–H groups in total. The molecule has 0 aliphatic heterocycles. The lowest BCUT2D eigenvalue weighted by atomic mass is 10.4. The molecule has 0 bridgehead atoms. The standard InChI is InChI=1S/C10H20O5Si/c1-6-7-10(11)15-9(2)8-16(12-3,13-4)14-5/h6-7,9H,8H2,1-5H3. The van der Waals surface area contributed by atoms with Crippen LogP contribution in [-0.2, 0) is 22.8 Å². The van der Waals surface area contributed by atoms with Crippen molar-refractivity contribution in [1.29, 1.82) is 0 Å². The fourth-order valence-corrected chi connectivity index (χ4v) is 3.05. The van der Waals surface area contributed by atoms with Crippen LogP contribution in [0.1, 0.15) is 13.8 Å². The topological polar surface area (TPSA) is 54.0 Å². The summed E-state index contributed by atoms with van der Waals surface area (Å²) in [5, 5.41) is 0. The van der Waals surface area contributed by atoms with Gasteiger partial charge in [0.1, 0.15) is 6.10 Å². The van der Waals surface area contributed by atoms with Gasteiger partial charge < -0.3 is 18.0 Å². The van der Waals surface area contributed by atoms with Gasteiger partial charge in [-0.2, -0.15) is 0 Å². The number of allylic oxidation sites excluding steroid dienone is 1. The van der Waals surface area contributed by atoms with Gasteiger partial charge in [-0.3, -0.25) is 0 Å². The molecule has 0 saturated carbocycles. The van der Waals surface area contributed by atoms with Gasteiger partial charge >= 0.3 is 14.8 Å². The fraction of sp³-hybridized carbons (Fsp3) is 0.700. The highest BCUT2D eigenvalue weighted by Crippen LogP contribution is 2.17. The van der Waals surface area contributed by atoms with Gasteiger partial charge in [-0.15, -0.1) is 0 Å². The average Bonchev–Trinajstić information content (AvgIpc) is 2.26. The fourth-order valence-electron chi connectivity index (χ4n) is 1.27. The van der Waals surface area contributed by atoms with E-state index in [1.54, 1.807) is 19.9 Å². The van der Waals surface area contributed by atoms with E-state index in [0.29, 0.717) is 6.04 Å². The molecule has 16 heavy (non-hydrogen) atoms. The number of carbonyl (C=O) groups excluding carboxylic acids is 1. The Hall–Kier alpha value is -0.693. The molecule has 0 radical (unpaired) electrons. The Morgan fingerprint density at radius 3 is 2.12 bits per heavy atom. The smallest absolute Gasteiger partial charge is 0.460 e. The zero-order chi connectivity index (χ0) is 12.6. The van der Waals surface area contributed by atoms with Crippen LogP contribution in [0.25, 0.3) is 0 Å². The third-order valence-electron chi connectivity index (χ3n) is 2.09. The molecule has 0 aromatic carbocycles. The first kappa shape index (κ1) is 15.3. The van der Waals surface area contributed by atoms with Gasteiger partial charge in [0.15, 0.2) is 0 Å². The highest BCUT2D eigenvalue weighted by Gasteiger charge is 2.40. The molecule has 5 nitrogen and oxygen atoms in total. The zero-order valence-corrected chi connectivity index (χ0v) is 11.5. The predicted octanol–water partition coefficient (Wildman–Crippen LogP) is 1.37. The van der Waals surface area contributed by atoms with Crippen LogP contribution in [-0.4, -0.2) is 42.2 Å². The Labute approximate surface area is 97.7 Å². The Balaban J connectivity index is 4.30. The van der Waals surface area contributed by atoms with Gasteiger partial charge in [-0.05, 0) is 13.8 Å². The molecule has 6 heteroatoms. The number of ether oxygens (including phenoxy) is 1. The van der Waals surface area contributed by atoms with Crippen LogP contribution in [0.3, 0.4) is 0 Å². The van der Waals surface area contributed by atoms with Crippen molar-refractivity contribution in [2.24, 2.45) is 0 Å². The second-order valence-electron chi connectivity index (χ2n) is 3.25. The Bertz CT molecular complexity index is 229. The molecule has 0 spiro atoms. The predicted molar refractivity (Wildman–Crippen MR) is 62.0 cm³/mol. The van der Waals surface area contributed by atoms with E-state index >= 15 is 0 Å². The van der Waals surface area contributed by atoms with Crippen LogP contribution >= 0.6 is 0 Å². The van der Waals surface area contributed by atoms with Crippen molar-refractivity contribution >= 4 is 14.8 Å². The van der Waals surface area contributed by atoms with E-state index in [9.17, 15) is 4.79 Å². The van der Waals surface area contributed by atoms with Gasteiger partial charge in [0.2, 0.25) is 0 Å². The van der Waals surface area contributed by atoms with Gasteiger partial charge in [0, 0.05) is 27.4 Å². The van der Waals surface area contributed by atoms with Crippen LogP contribution in [0.2, 0.25) is 6.04 Å². The normalized spacial score (nSPS) is 14.1. The lowest BCUT2D eigenvalue weighted by Crippen LogP contribution is -2.45. The second kappa shape index (κ2) is 7.56. The van der Waals surface area contributed by atoms with Crippen molar-refractivity contribution in [2.45, 2.75) is 26.0 Å². The molecule has 1 atom stereocenters. The minimum atomic E-state index is -2.67. The van der Waals surface area contributed by atoms with Gasteiger partial charge in [0.05, 0.1) is 6.04 Å². The van der Waals surface area contributed by atoms with E-state index in [2.05, 4.69) is 0 Å². The van der Waals surface area contributed by atoms with Gasteiger partial charge in [-0.25, -0.2) is 4.79 Å². The van der Waals surface area contributed by atoms with Crippen molar-refractivity contribution in [2.75, 3.05) is 21.3 Å². The lowest BCUT2D eigenvalue weighted by Gasteiger charge is -2.26. The Morgan fingerprint density at radius 1 is 1.25 bits per heavy atom. The Morgan fingerprint density at radius 2 is 1.75 bits per heavy atom. The first-order valence-corrected chi connectivity index (χ1v) is 6.95. The number of hydrogen-bond donors (Lipinski definition) is 0. The first-order chi connectivity index (χ1) is 7.53. The summed E-state index contributed by atoms with van der Waals surface area (Å²) < 4.78 is 20.8. The van der Waals surface area contributed by atoms with Crippen molar-refractivity contribution in [3.8, 4) is 0 Å². The summed E-state index contributed by atoms with van der Waals surface area (Å²) in [4.78, 5) is 11.2. The van der Waals surface area contributed by atoms with Crippen molar-refractivity contribution in [1.82, 2.24) is 0 Å². The Kier molecular flexibility index (Phi) is 7.23. The molecular weight excluding hydrogens is 228 g/mol. The van der Waals surface area contributed by atoms with Crippen LogP contribution in [0, 0.1) is 0 Å². The van der Waals surface area contributed by atoms with E-state index in [0.717, 1.165) is 0 Å². The quantitative estimate of drug-likeness (QED) is 0.387. The molecule has 0 rings (SSSR count). The molecule has 1 unspecified atom stereocenters. The summed E-state index contributed by atoms with van der Waals surface area (Å²) >= 11 is 0.